The van der Waals surface area contributed by atoms with Crippen molar-refractivity contribution in [2.24, 2.45) is 5.92 Å². The molecule has 0 aromatic carbocycles. The van der Waals surface area contributed by atoms with Gasteiger partial charge in [-0.1, -0.05) is 11.3 Å². The van der Waals surface area contributed by atoms with Crippen molar-refractivity contribution in [1.82, 2.24) is 25.7 Å². The zero-order chi connectivity index (χ0) is 18.5. The van der Waals surface area contributed by atoms with E-state index >= 15 is 0 Å². The standard InChI is InChI=1S/C17H24N8OS/c26-15(9-12-3-1-6-18-10-12)21-17-24-23-16(27-17)20-13-5-8-25(11-13)14-4-2-7-19-22-14/h2,4,7,12-13,18H,1,3,5-6,8-11H2,(H,20,23)(H,21,24,26)/t12-,13+/m0/s1. The predicted molar refractivity (Wildman–Crippen MR) is 105 cm³/mol. The Kier molecular flexibility index (Phi) is 5.73. The van der Waals surface area contributed by atoms with Crippen LogP contribution in [0, 0.1) is 5.92 Å². The number of rotatable bonds is 6. The second-order valence-corrected chi connectivity index (χ2v) is 8.01. The SMILES string of the molecule is O=C(C[C@@H]1CCCNC1)Nc1nnc(N[C@@H]2CCN(c3cccnn3)C2)s1. The maximum Gasteiger partial charge on any atom is 0.226 e. The Balaban J connectivity index is 1.25. The number of nitrogens with one attached hydrogen (secondary N) is 3. The average molecular weight is 389 g/mol. The first-order chi connectivity index (χ1) is 13.3. The highest BCUT2D eigenvalue weighted by atomic mass is 32.1. The van der Waals surface area contributed by atoms with Crippen LogP contribution in [-0.4, -0.2) is 58.5 Å². The lowest BCUT2D eigenvalue weighted by atomic mass is 9.96. The van der Waals surface area contributed by atoms with Crippen molar-refractivity contribution < 1.29 is 4.79 Å². The monoisotopic (exact) mass is 388 g/mol. The molecule has 4 heterocycles. The Morgan fingerprint density at radius 2 is 2.22 bits per heavy atom. The second kappa shape index (κ2) is 8.57. The van der Waals surface area contributed by atoms with Gasteiger partial charge < -0.3 is 20.9 Å². The van der Waals surface area contributed by atoms with Crippen LogP contribution in [0.1, 0.15) is 25.7 Å². The summed E-state index contributed by atoms with van der Waals surface area (Å²) in [6.07, 6.45) is 5.44. The molecule has 2 saturated heterocycles. The summed E-state index contributed by atoms with van der Waals surface area (Å²) in [7, 11) is 0. The molecule has 2 aromatic rings. The highest BCUT2D eigenvalue weighted by Gasteiger charge is 2.24. The van der Waals surface area contributed by atoms with Crippen molar-refractivity contribution in [3.8, 4) is 0 Å². The van der Waals surface area contributed by atoms with E-state index in [4.69, 9.17) is 0 Å². The van der Waals surface area contributed by atoms with Gasteiger partial charge in [-0.15, -0.1) is 15.3 Å². The number of hydrogen-bond acceptors (Lipinski definition) is 9. The molecule has 144 valence electrons. The van der Waals surface area contributed by atoms with Crippen LogP contribution in [0.15, 0.2) is 18.3 Å². The van der Waals surface area contributed by atoms with Crippen molar-refractivity contribution in [1.29, 1.82) is 0 Å². The van der Waals surface area contributed by atoms with Gasteiger partial charge >= 0.3 is 0 Å². The Bertz CT molecular complexity index is 748. The van der Waals surface area contributed by atoms with Crippen LogP contribution in [0.2, 0.25) is 0 Å². The van der Waals surface area contributed by atoms with E-state index in [1.54, 1.807) is 6.20 Å². The van der Waals surface area contributed by atoms with Gasteiger partial charge in [0.05, 0.1) is 0 Å². The lowest BCUT2D eigenvalue weighted by Crippen LogP contribution is -2.32. The number of hydrogen-bond donors (Lipinski definition) is 3. The predicted octanol–water partition coefficient (Wildman–Crippen LogP) is 1.35. The highest BCUT2D eigenvalue weighted by molar-refractivity contribution is 7.19. The smallest absolute Gasteiger partial charge is 0.226 e. The fourth-order valence-corrected chi connectivity index (χ4v) is 4.32. The van der Waals surface area contributed by atoms with Gasteiger partial charge in [0.2, 0.25) is 16.2 Å². The number of piperidine rings is 1. The summed E-state index contributed by atoms with van der Waals surface area (Å²) in [5.74, 6) is 1.32. The molecular formula is C17H24N8OS. The number of carbonyl (C=O) groups is 1. The number of aromatic nitrogens is 4. The van der Waals surface area contributed by atoms with Crippen molar-refractivity contribution in [3.05, 3.63) is 18.3 Å². The van der Waals surface area contributed by atoms with E-state index in [2.05, 4.69) is 41.2 Å². The fraction of sp³-hybridized carbons (Fsp3) is 0.588. The summed E-state index contributed by atoms with van der Waals surface area (Å²) < 4.78 is 0. The van der Waals surface area contributed by atoms with Gasteiger partial charge in [0.25, 0.3) is 0 Å². The van der Waals surface area contributed by atoms with Crippen molar-refractivity contribution in [2.75, 3.05) is 41.7 Å². The molecule has 0 spiro atoms. The molecule has 9 nitrogen and oxygen atoms in total. The molecule has 4 rings (SSSR count). The van der Waals surface area contributed by atoms with E-state index < -0.39 is 0 Å². The molecule has 0 bridgehead atoms. The minimum Gasteiger partial charge on any atom is -0.355 e. The molecule has 1 amide bonds. The molecule has 3 N–H and O–H groups in total. The van der Waals surface area contributed by atoms with E-state index in [-0.39, 0.29) is 11.9 Å². The zero-order valence-corrected chi connectivity index (χ0v) is 15.9. The third-order valence-electron chi connectivity index (χ3n) is 4.94. The summed E-state index contributed by atoms with van der Waals surface area (Å²) in [5, 5.41) is 27.3. The van der Waals surface area contributed by atoms with E-state index in [0.717, 1.165) is 56.4 Å². The lowest BCUT2D eigenvalue weighted by molar-refractivity contribution is -0.117. The molecule has 0 radical (unpaired) electrons. The van der Waals surface area contributed by atoms with Crippen molar-refractivity contribution in [3.63, 3.8) is 0 Å². The average Bonchev–Trinajstić information content (AvgIpc) is 3.33. The maximum atomic E-state index is 12.2. The van der Waals surface area contributed by atoms with Crippen LogP contribution < -0.4 is 20.9 Å². The minimum atomic E-state index is 0.0149. The number of carbonyl (C=O) groups excluding carboxylic acids is 1. The number of anilines is 3. The molecule has 0 saturated carbocycles. The molecule has 0 aliphatic carbocycles. The molecule has 2 atom stereocenters. The molecular weight excluding hydrogens is 364 g/mol. The molecule has 10 heteroatoms. The van der Waals surface area contributed by atoms with Gasteiger partial charge in [0.1, 0.15) is 0 Å². The van der Waals surface area contributed by atoms with Gasteiger partial charge in [-0.3, -0.25) is 4.79 Å². The summed E-state index contributed by atoms with van der Waals surface area (Å²) >= 11 is 1.38. The van der Waals surface area contributed by atoms with E-state index in [0.29, 0.717) is 17.5 Å². The Hall–Kier alpha value is -2.33. The van der Waals surface area contributed by atoms with Gasteiger partial charge in [-0.25, -0.2) is 0 Å². The molecule has 27 heavy (non-hydrogen) atoms. The Morgan fingerprint density at radius 1 is 1.30 bits per heavy atom. The van der Waals surface area contributed by atoms with Gasteiger partial charge in [0, 0.05) is 31.7 Å². The fourth-order valence-electron chi connectivity index (χ4n) is 3.59. The minimum absolute atomic E-state index is 0.0149. The molecule has 0 unspecified atom stereocenters. The van der Waals surface area contributed by atoms with E-state index in [1.807, 2.05) is 12.1 Å². The third kappa shape index (κ3) is 4.89. The van der Waals surface area contributed by atoms with Crippen LogP contribution >= 0.6 is 11.3 Å². The zero-order valence-electron chi connectivity index (χ0n) is 15.1. The molecule has 2 fully saturated rings. The van der Waals surface area contributed by atoms with Crippen LogP contribution in [0.25, 0.3) is 0 Å². The molecule has 2 aliphatic heterocycles. The Labute approximate surface area is 162 Å². The summed E-state index contributed by atoms with van der Waals surface area (Å²) in [6.45, 7) is 3.74. The summed E-state index contributed by atoms with van der Waals surface area (Å²) in [5.41, 5.74) is 0. The second-order valence-electron chi connectivity index (χ2n) is 7.03. The van der Waals surface area contributed by atoms with E-state index in [1.165, 1.54) is 11.3 Å². The van der Waals surface area contributed by atoms with Gasteiger partial charge in [0.15, 0.2) is 5.82 Å². The number of amides is 1. The first kappa shape index (κ1) is 18.1. The van der Waals surface area contributed by atoms with Crippen molar-refractivity contribution >= 4 is 33.3 Å². The topological polar surface area (TPSA) is 108 Å². The largest absolute Gasteiger partial charge is 0.355 e. The van der Waals surface area contributed by atoms with Crippen LogP contribution in [0.4, 0.5) is 16.1 Å². The van der Waals surface area contributed by atoms with E-state index in [9.17, 15) is 4.79 Å². The Morgan fingerprint density at radius 3 is 3.04 bits per heavy atom. The summed E-state index contributed by atoms with van der Waals surface area (Å²) in [6, 6.07) is 4.14. The number of nitrogens with zero attached hydrogens (tertiary/aromatic N) is 5. The lowest BCUT2D eigenvalue weighted by Gasteiger charge is -2.21. The molecule has 2 aromatic heterocycles. The van der Waals surface area contributed by atoms with Gasteiger partial charge in [-0.05, 0) is 50.4 Å². The normalized spacial score (nSPS) is 22.6. The highest BCUT2D eigenvalue weighted by Crippen LogP contribution is 2.25. The van der Waals surface area contributed by atoms with Crippen LogP contribution in [0.5, 0.6) is 0 Å². The van der Waals surface area contributed by atoms with Crippen molar-refractivity contribution in [2.45, 2.75) is 31.7 Å². The first-order valence-electron chi connectivity index (χ1n) is 9.39. The first-order valence-corrected chi connectivity index (χ1v) is 10.2. The summed E-state index contributed by atoms with van der Waals surface area (Å²) in [4.78, 5) is 14.4. The third-order valence-corrected chi connectivity index (χ3v) is 5.71. The molecule has 2 aliphatic rings. The van der Waals surface area contributed by atoms with Gasteiger partial charge in [-0.2, -0.15) is 5.10 Å². The maximum absolute atomic E-state index is 12.2. The van der Waals surface area contributed by atoms with Crippen LogP contribution in [0.3, 0.4) is 0 Å². The van der Waals surface area contributed by atoms with Crippen LogP contribution in [-0.2, 0) is 4.79 Å². The quantitative estimate of drug-likeness (QED) is 0.681.